The molecule has 5 heteroatoms. The molecule has 0 bridgehead atoms. The zero-order valence-electron chi connectivity index (χ0n) is 11.0. The zero-order valence-corrected chi connectivity index (χ0v) is 11.0. The van der Waals surface area contributed by atoms with Gasteiger partial charge in [-0.25, -0.2) is 0 Å². The first kappa shape index (κ1) is 13.2. The van der Waals surface area contributed by atoms with Crippen LogP contribution in [0.3, 0.4) is 0 Å². The Kier molecular flexibility index (Phi) is 3.31. The smallest absolute Gasteiger partial charge is 0.314 e. The topological polar surface area (TPSA) is 80.7 Å². The highest BCUT2D eigenvalue weighted by molar-refractivity contribution is 5.94. The summed E-state index contributed by atoms with van der Waals surface area (Å²) in [5.41, 5.74) is 2.31. The van der Waals surface area contributed by atoms with E-state index in [1.807, 2.05) is 24.3 Å². The maximum absolute atomic E-state index is 11.2. The lowest BCUT2D eigenvalue weighted by molar-refractivity contribution is -0.140. The summed E-state index contributed by atoms with van der Waals surface area (Å²) in [5, 5.41) is 10.1. The van der Waals surface area contributed by atoms with Gasteiger partial charge in [0.25, 0.3) is 0 Å². The van der Waals surface area contributed by atoms with Crippen LogP contribution in [0.4, 0.5) is 0 Å². The molecule has 1 unspecified atom stereocenters. The molecule has 1 atom stereocenters. The van der Waals surface area contributed by atoms with Gasteiger partial charge >= 0.3 is 5.97 Å². The standard InChI is InChI=1S/C16H12O5/c17-6-5-12(16(18)19)15-7-10(8-20-15)13-9-21-14-4-2-1-3-11(13)14/h1-4,6-9,12H,5H2,(H,18,19). The minimum Gasteiger partial charge on any atom is -0.481 e. The maximum Gasteiger partial charge on any atom is 0.314 e. The second-order valence-corrected chi connectivity index (χ2v) is 4.68. The summed E-state index contributed by atoms with van der Waals surface area (Å²) in [7, 11) is 0. The Bertz CT molecular complexity index is 796. The van der Waals surface area contributed by atoms with Gasteiger partial charge in [-0.15, -0.1) is 0 Å². The van der Waals surface area contributed by atoms with Crippen molar-refractivity contribution in [1.82, 2.24) is 0 Å². The molecule has 0 aliphatic carbocycles. The van der Waals surface area contributed by atoms with Crippen molar-refractivity contribution in [2.75, 3.05) is 0 Å². The Labute approximate surface area is 119 Å². The van der Waals surface area contributed by atoms with Crippen LogP contribution in [0.15, 0.2) is 51.7 Å². The fourth-order valence-corrected chi connectivity index (χ4v) is 2.31. The number of fused-ring (bicyclic) bond motifs is 1. The van der Waals surface area contributed by atoms with E-state index in [9.17, 15) is 9.59 Å². The predicted octanol–water partition coefficient (Wildman–Crippen LogP) is 3.45. The van der Waals surface area contributed by atoms with Gasteiger partial charge in [0.2, 0.25) is 0 Å². The molecule has 3 aromatic rings. The van der Waals surface area contributed by atoms with Crippen molar-refractivity contribution in [2.24, 2.45) is 0 Å². The van der Waals surface area contributed by atoms with Gasteiger partial charge in [-0.2, -0.15) is 0 Å². The third-order valence-corrected chi connectivity index (χ3v) is 3.39. The minimum absolute atomic E-state index is 0.117. The van der Waals surface area contributed by atoms with E-state index in [1.54, 1.807) is 12.3 Å². The molecular formula is C16H12O5. The third kappa shape index (κ3) is 2.33. The van der Waals surface area contributed by atoms with Crippen molar-refractivity contribution >= 4 is 23.2 Å². The van der Waals surface area contributed by atoms with Crippen LogP contribution in [0.1, 0.15) is 18.1 Å². The first-order valence-electron chi connectivity index (χ1n) is 6.42. The number of carbonyl (C=O) groups excluding carboxylic acids is 1. The largest absolute Gasteiger partial charge is 0.481 e. The molecule has 21 heavy (non-hydrogen) atoms. The molecule has 1 aromatic carbocycles. The number of aldehydes is 1. The van der Waals surface area contributed by atoms with Crippen molar-refractivity contribution in [2.45, 2.75) is 12.3 Å². The number of carbonyl (C=O) groups is 2. The molecule has 106 valence electrons. The number of furan rings is 2. The van der Waals surface area contributed by atoms with Gasteiger partial charge in [0.1, 0.15) is 23.5 Å². The quantitative estimate of drug-likeness (QED) is 0.726. The molecule has 5 nitrogen and oxygen atoms in total. The van der Waals surface area contributed by atoms with E-state index in [1.165, 1.54) is 6.26 Å². The first-order chi connectivity index (χ1) is 10.2. The van der Waals surface area contributed by atoms with Gasteiger partial charge in [-0.3, -0.25) is 4.79 Å². The van der Waals surface area contributed by atoms with Crippen LogP contribution in [-0.4, -0.2) is 17.4 Å². The summed E-state index contributed by atoms with van der Waals surface area (Å²) in [6.07, 6.45) is 3.55. The van der Waals surface area contributed by atoms with Crippen molar-refractivity contribution in [1.29, 1.82) is 0 Å². The molecule has 3 rings (SSSR count). The lowest BCUT2D eigenvalue weighted by atomic mass is 10.0. The molecule has 0 radical (unpaired) electrons. The van der Waals surface area contributed by atoms with Gasteiger partial charge in [0.05, 0.1) is 12.5 Å². The number of carboxylic acids is 1. The average molecular weight is 284 g/mol. The number of carboxylic acid groups (broad SMARTS) is 1. The highest BCUT2D eigenvalue weighted by atomic mass is 16.4. The molecule has 2 heterocycles. The van der Waals surface area contributed by atoms with E-state index >= 15 is 0 Å². The van der Waals surface area contributed by atoms with Crippen molar-refractivity contribution in [3.05, 3.63) is 48.6 Å². The Morgan fingerprint density at radius 3 is 2.81 bits per heavy atom. The summed E-state index contributed by atoms with van der Waals surface area (Å²) >= 11 is 0. The average Bonchev–Trinajstić information content (AvgIpc) is 3.10. The molecular weight excluding hydrogens is 272 g/mol. The highest BCUT2D eigenvalue weighted by Crippen LogP contribution is 2.33. The second-order valence-electron chi connectivity index (χ2n) is 4.68. The summed E-state index contributed by atoms with van der Waals surface area (Å²) in [4.78, 5) is 21.7. The monoisotopic (exact) mass is 284 g/mol. The van der Waals surface area contributed by atoms with E-state index in [0.29, 0.717) is 6.29 Å². The molecule has 1 N–H and O–H groups in total. The van der Waals surface area contributed by atoms with Gasteiger partial charge < -0.3 is 18.7 Å². The maximum atomic E-state index is 11.2. The Morgan fingerprint density at radius 1 is 1.24 bits per heavy atom. The number of para-hydroxylation sites is 1. The fourth-order valence-electron chi connectivity index (χ4n) is 2.31. The molecule has 0 saturated carbocycles. The van der Waals surface area contributed by atoms with Crippen LogP contribution < -0.4 is 0 Å². The van der Waals surface area contributed by atoms with E-state index in [-0.39, 0.29) is 12.2 Å². The third-order valence-electron chi connectivity index (χ3n) is 3.39. The van der Waals surface area contributed by atoms with E-state index < -0.39 is 11.9 Å². The number of rotatable bonds is 5. The van der Waals surface area contributed by atoms with E-state index in [4.69, 9.17) is 13.9 Å². The van der Waals surface area contributed by atoms with Crippen LogP contribution in [0, 0.1) is 0 Å². The second kappa shape index (κ2) is 5.28. The Morgan fingerprint density at radius 2 is 2.05 bits per heavy atom. The van der Waals surface area contributed by atoms with Gasteiger partial charge in [0, 0.05) is 22.9 Å². The zero-order chi connectivity index (χ0) is 14.8. The highest BCUT2D eigenvalue weighted by Gasteiger charge is 2.23. The Balaban J connectivity index is 2.01. The molecule has 0 saturated heterocycles. The number of hydrogen-bond acceptors (Lipinski definition) is 4. The van der Waals surface area contributed by atoms with Crippen LogP contribution in [-0.2, 0) is 9.59 Å². The normalized spacial score (nSPS) is 12.4. The lowest BCUT2D eigenvalue weighted by Gasteiger charge is -2.03. The van der Waals surface area contributed by atoms with Crippen LogP contribution in [0.5, 0.6) is 0 Å². The summed E-state index contributed by atoms with van der Waals surface area (Å²) < 4.78 is 10.8. The summed E-state index contributed by atoms with van der Waals surface area (Å²) in [5.74, 6) is -1.79. The van der Waals surface area contributed by atoms with Crippen LogP contribution in [0.25, 0.3) is 22.1 Å². The van der Waals surface area contributed by atoms with Crippen molar-refractivity contribution in [3.8, 4) is 11.1 Å². The molecule has 2 aromatic heterocycles. The summed E-state index contributed by atoms with van der Waals surface area (Å²) in [6.45, 7) is 0. The fraction of sp³-hybridized carbons (Fsp3) is 0.125. The lowest BCUT2D eigenvalue weighted by Crippen LogP contribution is -2.11. The minimum atomic E-state index is -1.08. The van der Waals surface area contributed by atoms with Gasteiger partial charge in [-0.05, 0) is 12.1 Å². The number of aliphatic carboxylic acids is 1. The molecule has 0 aliphatic heterocycles. The van der Waals surface area contributed by atoms with Gasteiger partial charge in [-0.1, -0.05) is 18.2 Å². The van der Waals surface area contributed by atoms with Gasteiger partial charge in [0.15, 0.2) is 0 Å². The van der Waals surface area contributed by atoms with Crippen molar-refractivity contribution in [3.63, 3.8) is 0 Å². The number of hydrogen-bond donors (Lipinski definition) is 1. The number of benzene rings is 1. The van der Waals surface area contributed by atoms with Crippen LogP contribution >= 0.6 is 0 Å². The SMILES string of the molecule is O=CCC(C(=O)O)c1cc(-c2coc3ccccc23)co1. The molecule has 0 aliphatic rings. The van der Waals surface area contributed by atoms with Crippen LogP contribution in [0.2, 0.25) is 0 Å². The summed E-state index contributed by atoms with van der Waals surface area (Å²) in [6, 6.07) is 9.18. The van der Waals surface area contributed by atoms with Crippen molar-refractivity contribution < 1.29 is 23.5 Å². The van der Waals surface area contributed by atoms with E-state index in [2.05, 4.69) is 0 Å². The first-order valence-corrected chi connectivity index (χ1v) is 6.42. The Hall–Kier alpha value is -2.82. The molecule has 0 amide bonds. The molecule has 0 fully saturated rings. The van der Waals surface area contributed by atoms with E-state index in [0.717, 1.165) is 22.1 Å². The molecule has 0 spiro atoms. The predicted molar refractivity (Wildman–Crippen MR) is 75.0 cm³/mol.